The highest BCUT2D eigenvalue weighted by Crippen LogP contribution is 2.24. The molecule has 0 unspecified atom stereocenters. The SMILES string of the molecule is CC(C)(C)OC(=O)N1CCN(c2ccccc2N)C(=O)C1. The van der Waals surface area contributed by atoms with Gasteiger partial charge in [-0.1, -0.05) is 12.1 Å². The summed E-state index contributed by atoms with van der Waals surface area (Å²) in [6, 6.07) is 7.21. The third-order valence-electron chi connectivity index (χ3n) is 3.10. The average molecular weight is 291 g/mol. The number of benzene rings is 1. The van der Waals surface area contributed by atoms with E-state index in [-0.39, 0.29) is 12.5 Å². The standard InChI is InChI=1S/C15H21N3O3/c1-15(2,3)21-14(20)17-8-9-18(13(19)10-17)12-7-5-4-6-11(12)16/h4-7H,8-10,16H2,1-3H3. The van der Waals surface area contributed by atoms with Gasteiger partial charge in [0, 0.05) is 13.1 Å². The van der Waals surface area contributed by atoms with Crippen molar-refractivity contribution >= 4 is 23.4 Å². The minimum atomic E-state index is -0.568. The zero-order valence-electron chi connectivity index (χ0n) is 12.6. The van der Waals surface area contributed by atoms with Crippen molar-refractivity contribution in [3.05, 3.63) is 24.3 Å². The van der Waals surface area contributed by atoms with E-state index in [1.54, 1.807) is 37.8 Å². The number of nitrogens with zero attached hydrogens (tertiary/aromatic N) is 2. The predicted molar refractivity (Wildman–Crippen MR) is 81.0 cm³/mol. The molecule has 2 N–H and O–H groups in total. The molecule has 21 heavy (non-hydrogen) atoms. The molecule has 1 saturated heterocycles. The van der Waals surface area contributed by atoms with Gasteiger partial charge in [0.05, 0.1) is 11.4 Å². The van der Waals surface area contributed by atoms with E-state index in [1.807, 2.05) is 12.1 Å². The molecule has 2 amide bonds. The molecule has 0 atom stereocenters. The Bertz CT molecular complexity index is 551. The van der Waals surface area contributed by atoms with Crippen molar-refractivity contribution in [3.63, 3.8) is 0 Å². The Hall–Kier alpha value is -2.24. The molecule has 114 valence electrons. The van der Waals surface area contributed by atoms with Crippen molar-refractivity contribution in [3.8, 4) is 0 Å². The van der Waals surface area contributed by atoms with Gasteiger partial charge in [-0.25, -0.2) is 4.79 Å². The molecule has 0 aromatic heterocycles. The Labute approximate surface area is 124 Å². The van der Waals surface area contributed by atoms with Crippen LogP contribution in [0.3, 0.4) is 0 Å². The number of piperazine rings is 1. The number of nitrogen functional groups attached to an aromatic ring is 1. The average Bonchev–Trinajstić information content (AvgIpc) is 2.38. The Morgan fingerprint density at radius 2 is 1.90 bits per heavy atom. The Balaban J connectivity index is 2.05. The van der Waals surface area contributed by atoms with Gasteiger partial charge >= 0.3 is 6.09 Å². The number of ether oxygens (including phenoxy) is 1. The van der Waals surface area contributed by atoms with E-state index >= 15 is 0 Å². The summed E-state index contributed by atoms with van der Waals surface area (Å²) in [5, 5.41) is 0. The Morgan fingerprint density at radius 1 is 1.24 bits per heavy atom. The van der Waals surface area contributed by atoms with E-state index in [4.69, 9.17) is 10.5 Å². The second kappa shape index (κ2) is 5.63. The van der Waals surface area contributed by atoms with Crippen molar-refractivity contribution < 1.29 is 14.3 Å². The van der Waals surface area contributed by atoms with Gasteiger partial charge in [0.15, 0.2) is 0 Å². The topological polar surface area (TPSA) is 75.9 Å². The van der Waals surface area contributed by atoms with Gasteiger partial charge in [-0.15, -0.1) is 0 Å². The summed E-state index contributed by atoms with van der Waals surface area (Å²) in [5.74, 6) is -0.162. The molecule has 1 aromatic carbocycles. The van der Waals surface area contributed by atoms with Gasteiger partial charge in [0.25, 0.3) is 0 Å². The van der Waals surface area contributed by atoms with E-state index in [1.165, 1.54) is 4.90 Å². The van der Waals surface area contributed by atoms with Crippen LogP contribution < -0.4 is 10.6 Å². The number of nitrogens with two attached hydrogens (primary N) is 1. The molecule has 0 radical (unpaired) electrons. The first kappa shape index (κ1) is 15.2. The number of amides is 2. The lowest BCUT2D eigenvalue weighted by molar-refractivity contribution is -0.121. The second-order valence-corrected chi connectivity index (χ2v) is 6.01. The first-order valence-corrected chi connectivity index (χ1v) is 6.91. The molecule has 0 bridgehead atoms. The number of para-hydroxylation sites is 2. The molecule has 0 aliphatic carbocycles. The quantitative estimate of drug-likeness (QED) is 0.801. The summed E-state index contributed by atoms with van der Waals surface area (Å²) < 4.78 is 5.28. The highest BCUT2D eigenvalue weighted by atomic mass is 16.6. The fourth-order valence-electron chi connectivity index (χ4n) is 2.14. The molecule has 0 saturated carbocycles. The van der Waals surface area contributed by atoms with Gasteiger partial charge in [-0.2, -0.15) is 0 Å². The summed E-state index contributed by atoms with van der Waals surface area (Å²) in [7, 11) is 0. The van der Waals surface area contributed by atoms with Crippen LogP contribution >= 0.6 is 0 Å². The van der Waals surface area contributed by atoms with Crippen LogP contribution in [0.2, 0.25) is 0 Å². The van der Waals surface area contributed by atoms with E-state index in [2.05, 4.69) is 0 Å². The summed E-state index contributed by atoms with van der Waals surface area (Å²) >= 11 is 0. The number of carbonyl (C=O) groups excluding carboxylic acids is 2. The van der Waals surface area contributed by atoms with Crippen LogP contribution in [0.1, 0.15) is 20.8 Å². The maximum absolute atomic E-state index is 12.2. The van der Waals surface area contributed by atoms with E-state index in [0.717, 1.165) is 0 Å². The Morgan fingerprint density at radius 3 is 2.48 bits per heavy atom. The van der Waals surface area contributed by atoms with Crippen molar-refractivity contribution in [2.45, 2.75) is 26.4 Å². The van der Waals surface area contributed by atoms with E-state index in [0.29, 0.717) is 24.5 Å². The lowest BCUT2D eigenvalue weighted by Gasteiger charge is -2.35. The van der Waals surface area contributed by atoms with E-state index in [9.17, 15) is 9.59 Å². The molecular formula is C15H21N3O3. The van der Waals surface area contributed by atoms with Gasteiger partial charge < -0.3 is 15.4 Å². The van der Waals surface area contributed by atoms with Crippen molar-refractivity contribution in [1.82, 2.24) is 4.90 Å². The van der Waals surface area contributed by atoms with Crippen LogP contribution in [-0.2, 0) is 9.53 Å². The van der Waals surface area contributed by atoms with Gasteiger partial charge in [0.2, 0.25) is 5.91 Å². The normalized spacial score (nSPS) is 16.0. The third kappa shape index (κ3) is 3.65. The summed E-state index contributed by atoms with van der Waals surface area (Å²) in [6.45, 7) is 6.24. The minimum absolute atomic E-state index is 0.00322. The van der Waals surface area contributed by atoms with Crippen LogP contribution in [0.15, 0.2) is 24.3 Å². The zero-order chi connectivity index (χ0) is 15.6. The number of hydrogen-bond donors (Lipinski definition) is 1. The second-order valence-electron chi connectivity index (χ2n) is 6.01. The molecule has 1 aromatic rings. The third-order valence-corrected chi connectivity index (χ3v) is 3.10. The monoisotopic (exact) mass is 291 g/mol. The van der Waals surface area contributed by atoms with Crippen LogP contribution in [0.5, 0.6) is 0 Å². The molecule has 2 rings (SSSR count). The van der Waals surface area contributed by atoms with Crippen LogP contribution in [0.4, 0.5) is 16.2 Å². The van der Waals surface area contributed by atoms with Crippen molar-refractivity contribution in [2.24, 2.45) is 0 Å². The van der Waals surface area contributed by atoms with Gasteiger partial charge in [-0.3, -0.25) is 9.69 Å². The lowest BCUT2D eigenvalue weighted by atomic mass is 10.2. The van der Waals surface area contributed by atoms with Crippen molar-refractivity contribution in [2.75, 3.05) is 30.3 Å². The number of hydrogen-bond acceptors (Lipinski definition) is 4. The van der Waals surface area contributed by atoms with E-state index < -0.39 is 11.7 Å². The maximum atomic E-state index is 12.2. The molecule has 1 aliphatic rings. The zero-order valence-corrected chi connectivity index (χ0v) is 12.6. The molecule has 1 heterocycles. The summed E-state index contributed by atoms with van der Waals surface area (Å²) in [5.41, 5.74) is 6.56. The van der Waals surface area contributed by atoms with Crippen LogP contribution in [-0.4, -0.2) is 42.1 Å². The van der Waals surface area contributed by atoms with Crippen LogP contribution in [0.25, 0.3) is 0 Å². The smallest absolute Gasteiger partial charge is 0.410 e. The molecule has 0 spiro atoms. The first-order valence-electron chi connectivity index (χ1n) is 6.91. The minimum Gasteiger partial charge on any atom is -0.444 e. The fourth-order valence-corrected chi connectivity index (χ4v) is 2.14. The van der Waals surface area contributed by atoms with Crippen molar-refractivity contribution in [1.29, 1.82) is 0 Å². The van der Waals surface area contributed by atoms with Gasteiger partial charge in [-0.05, 0) is 32.9 Å². The molecule has 6 nitrogen and oxygen atoms in total. The summed E-state index contributed by atoms with van der Waals surface area (Å²) in [6.07, 6.45) is -0.462. The first-order chi connectivity index (χ1) is 9.78. The molecule has 1 fully saturated rings. The maximum Gasteiger partial charge on any atom is 0.410 e. The highest BCUT2D eigenvalue weighted by molar-refractivity contribution is 5.99. The predicted octanol–water partition coefficient (Wildman–Crippen LogP) is 1.85. The van der Waals surface area contributed by atoms with Crippen LogP contribution in [0, 0.1) is 0 Å². The molecular weight excluding hydrogens is 270 g/mol. The fraction of sp³-hybridized carbons (Fsp3) is 0.467. The lowest BCUT2D eigenvalue weighted by Crippen LogP contribution is -2.53. The number of carbonyl (C=O) groups is 2. The number of anilines is 2. The summed E-state index contributed by atoms with van der Waals surface area (Å²) in [4.78, 5) is 27.3. The molecule has 6 heteroatoms. The highest BCUT2D eigenvalue weighted by Gasteiger charge is 2.31. The number of rotatable bonds is 1. The van der Waals surface area contributed by atoms with Gasteiger partial charge in [0.1, 0.15) is 12.1 Å². The largest absolute Gasteiger partial charge is 0.444 e. The Kier molecular flexibility index (Phi) is 4.06. The molecule has 1 aliphatic heterocycles.